The summed E-state index contributed by atoms with van der Waals surface area (Å²) in [4.78, 5) is 29.6. The lowest BCUT2D eigenvalue weighted by atomic mass is 10.0. The van der Waals surface area contributed by atoms with Gasteiger partial charge in [0.05, 0.1) is 6.42 Å². The molecule has 1 aromatic heterocycles. The largest absolute Gasteiger partial charge is 0.351 e. The first-order valence-corrected chi connectivity index (χ1v) is 12.4. The molecule has 1 N–H and O–H groups in total. The lowest BCUT2D eigenvalue weighted by Crippen LogP contribution is -2.47. The molecule has 4 rings (SSSR count). The Bertz CT molecular complexity index is 1050. The molecule has 6 heteroatoms. The van der Waals surface area contributed by atoms with Crippen LogP contribution in [0.4, 0.5) is 4.39 Å². The number of nitrogens with zero attached hydrogens (tertiary/aromatic N) is 1. The minimum atomic E-state index is -1.01. The van der Waals surface area contributed by atoms with Crippen LogP contribution >= 0.6 is 11.3 Å². The van der Waals surface area contributed by atoms with E-state index in [2.05, 4.69) is 5.32 Å². The molecule has 0 saturated heterocycles. The van der Waals surface area contributed by atoms with Crippen molar-refractivity contribution in [2.75, 3.05) is 6.54 Å². The summed E-state index contributed by atoms with van der Waals surface area (Å²) in [5.41, 5.74) is 1.30. The smallest absolute Gasteiger partial charge is 0.247 e. The highest BCUT2D eigenvalue weighted by atomic mass is 32.1. The Morgan fingerprint density at radius 1 is 1.00 bits per heavy atom. The number of nitrogens with one attached hydrogen (secondary N) is 1. The number of rotatable bonds is 9. The van der Waals surface area contributed by atoms with E-state index in [4.69, 9.17) is 0 Å². The Hall–Kier alpha value is -2.99. The van der Waals surface area contributed by atoms with Gasteiger partial charge in [-0.25, -0.2) is 4.39 Å². The van der Waals surface area contributed by atoms with Gasteiger partial charge in [-0.3, -0.25) is 9.59 Å². The van der Waals surface area contributed by atoms with Crippen molar-refractivity contribution in [1.82, 2.24) is 10.2 Å². The first-order valence-electron chi connectivity index (χ1n) is 11.5. The third-order valence-electron chi connectivity index (χ3n) is 6.17. The standard InChI is InChI=1S/C27H29FN2O2S/c28-24-15-7-6-14-23(24)26(27(32)29-21-11-4-5-12-21)30(17-16-20-9-2-1-3-10-20)25(31)19-22-13-8-18-33-22/h1-3,6-10,13-15,18,21,26H,4-5,11-12,16-17,19H2,(H,29,32). The second-order valence-corrected chi connectivity index (χ2v) is 9.53. The highest BCUT2D eigenvalue weighted by Crippen LogP contribution is 2.27. The summed E-state index contributed by atoms with van der Waals surface area (Å²) in [5, 5.41) is 5.03. The summed E-state index contributed by atoms with van der Waals surface area (Å²) < 4.78 is 15.0. The predicted octanol–water partition coefficient (Wildman–Crippen LogP) is 5.30. The summed E-state index contributed by atoms with van der Waals surface area (Å²) in [6.45, 7) is 0.325. The number of hydrogen-bond donors (Lipinski definition) is 1. The maximum Gasteiger partial charge on any atom is 0.247 e. The molecule has 1 atom stereocenters. The van der Waals surface area contributed by atoms with Crippen LogP contribution in [0.15, 0.2) is 72.1 Å². The van der Waals surface area contributed by atoms with Crippen molar-refractivity contribution in [2.24, 2.45) is 0 Å². The van der Waals surface area contributed by atoms with Crippen LogP contribution in [0.5, 0.6) is 0 Å². The normalized spacial score (nSPS) is 14.7. The van der Waals surface area contributed by atoms with Crippen molar-refractivity contribution < 1.29 is 14.0 Å². The summed E-state index contributed by atoms with van der Waals surface area (Å²) in [5.74, 6) is -0.958. The predicted molar refractivity (Wildman–Crippen MR) is 129 cm³/mol. The van der Waals surface area contributed by atoms with E-state index in [0.717, 1.165) is 36.1 Å². The molecule has 1 saturated carbocycles. The molecule has 2 aromatic carbocycles. The molecule has 0 bridgehead atoms. The monoisotopic (exact) mass is 464 g/mol. The first kappa shape index (κ1) is 23.2. The van der Waals surface area contributed by atoms with Crippen LogP contribution in [-0.2, 0) is 22.4 Å². The van der Waals surface area contributed by atoms with Crippen LogP contribution in [0.3, 0.4) is 0 Å². The lowest BCUT2D eigenvalue weighted by molar-refractivity contribution is -0.140. The van der Waals surface area contributed by atoms with E-state index in [-0.39, 0.29) is 29.8 Å². The van der Waals surface area contributed by atoms with Crippen LogP contribution in [-0.4, -0.2) is 29.3 Å². The molecule has 1 aliphatic carbocycles. The Labute approximate surface area is 198 Å². The molecule has 1 unspecified atom stereocenters. The quantitative estimate of drug-likeness (QED) is 0.467. The second kappa shape index (κ2) is 11.2. The van der Waals surface area contributed by atoms with E-state index >= 15 is 0 Å². The van der Waals surface area contributed by atoms with E-state index in [1.807, 2.05) is 47.8 Å². The van der Waals surface area contributed by atoms with Gasteiger partial charge in [-0.05, 0) is 42.3 Å². The van der Waals surface area contributed by atoms with Crippen molar-refractivity contribution in [3.63, 3.8) is 0 Å². The lowest BCUT2D eigenvalue weighted by Gasteiger charge is -2.32. The molecule has 172 valence electrons. The van der Waals surface area contributed by atoms with Gasteiger partial charge in [0.1, 0.15) is 11.9 Å². The number of halogens is 1. The number of amides is 2. The van der Waals surface area contributed by atoms with Crippen LogP contribution < -0.4 is 5.32 Å². The maximum absolute atomic E-state index is 15.0. The molecule has 1 heterocycles. The molecule has 0 spiro atoms. The minimum Gasteiger partial charge on any atom is -0.351 e. The Kier molecular flexibility index (Phi) is 7.89. The molecule has 3 aromatic rings. The molecule has 1 fully saturated rings. The van der Waals surface area contributed by atoms with Gasteiger partial charge in [0.15, 0.2) is 0 Å². The number of thiophene rings is 1. The van der Waals surface area contributed by atoms with Gasteiger partial charge < -0.3 is 10.2 Å². The maximum atomic E-state index is 15.0. The van der Waals surface area contributed by atoms with Crippen molar-refractivity contribution in [1.29, 1.82) is 0 Å². The van der Waals surface area contributed by atoms with Crippen molar-refractivity contribution in [3.05, 3.63) is 93.9 Å². The van der Waals surface area contributed by atoms with E-state index in [0.29, 0.717) is 13.0 Å². The molecule has 0 aliphatic heterocycles. The average molecular weight is 465 g/mol. The van der Waals surface area contributed by atoms with Gasteiger partial charge in [-0.2, -0.15) is 0 Å². The molecule has 33 heavy (non-hydrogen) atoms. The summed E-state index contributed by atoms with van der Waals surface area (Å²) in [6, 6.07) is 19.0. The summed E-state index contributed by atoms with van der Waals surface area (Å²) >= 11 is 1.51. The number of carbonyl (C=O) groups is 2. The number of benzene rings is 2. The van der Waals surface area contributed by atoms with Crippen molar-refractivity contribution in [3.8, 4) is 0 Å². The van der Waals surface area contributed by atoms with Gasteiger partial charge in [-0.15, -0.1) is 11.3 Å². The fourth-order valence-electron chi connectivity index (χ4n) is 4.45. The zero-order chi connectivity index (χ0) is 23.0. The molecular weight excluding hydrogens is 435 g/mol. The van der Waals surface area contributed by atoms with E-state index in [9.17, 15) is 14.0 Å². The fraction of sp³-hybridized carbons (Fsp3) is 0.333. The van der Waals surface area contributed by atoms with Crippen LogP contribution in [0, 0.1) is 5.82 Å². The number of hydrogen-bond acceptors (Lipinski definition) is 3. The van der Waals surface area contributed by atoms with Crippen molar-refractivity contribution >= 4 is 23.2 Å². The first-order chi connectivity index (χ1) is 16.1. The van der Waals surface area contributed by atoms with E-state index in [1.165, 1.54) is 17.4 Å². The van der Waals surface area contributed by atoms with Crippen LogP contribution in [0.2, 0.25) is 0 Å². The zero-order valence-corrected chi connectivity index (χ0v) is 19.4. The SMILES string of the molecule is O=C(NC1CCCC1)C(c1ccccc1F)N(CCc1ccccc1)C(=O)Cc1cccs1. The highest BCUT2D eigenvalue weighted by molar-refractivity contribution is 7.10. The van der Waals surface area contributed by atoms with Crippen molar-refractivity contribution in [2.45, 2.75) is 50.6 Å². The third kappa shape index (κ3) is 6.08. The highest BCUT2D eigenvalue weighted by Gasteiger charge is 2.34. The Morgan fingerprint density at radius 2 is 1.73 bits per heavy atom. The second-order valence-electron chi connectivity index (χ2n) is 8.49. The molecule has 1 aliphatic rings. The molecule has 4 nitrogen and oxygen atoms in total. The summed E-state index contributed by atoms with van der Waals surface area (Å²) in [7, 11) is 0. The van der Waals surface area contributed by atoms with E-state index in [1.54, 1.807) is 23.1 Å². The third-order valence-corrected chi connectivity index (χ3v) is 7.05. The average Bonchev–Trinajstić information content (AvgIpc) is 3.52. The molecular formula is C27H29FN2O2S. The van der Waals surface area contributed by atoms with Crippen LogP contribution in [0.25, 0.3) is 0 Å². The molecule has 2 amide bonds. The topological polar surface area (TPSA) is 49.4 Å². The summed E-state index contributed by atoms with van der Waals surface area (Å²) in [6.07, 6.45) is 4.76. The minimum absolute atomic E-state index is 0.0788. The van der Waals surface area contributed by atoms with Gasteiger partial charge in [-0.1, -0.05) is 67.4 Å². The number of carbonyl (C=O) groups excluding carboxylic acids is 2. The van der Waals surface area contributed by atoms with Gasteiger partial charge in [0, 0.05) is 23.0 Å². The van der Waals surface area contributed by atoms with Gasteiger partial charge >= 0.3 is 0 Å². The zero-order valence-electron chi connectivity index (χ0n) is 18.6. The molecule has 0 radical (unpaired) electrons. The van der Waals surface area contributed by atoms with E-state index < -0.39 is 11.9 Å². The van der Waals surface area contributed by atoms with Gasteiger partial charge in [0.2, 0.25) is 11.8 Å². The Morgan fingerprint density at radius 3 is 2.42 bits per heavy atom. The fourth-order valence-corrected chi connectivity index (χ4v) is 5.15. The van der Waals surface area contributed by atoms with Crippen LogP contribution in [0.1, 0.15) is 47.7 Å². The van der Waals surface area contributed by atoms with Gasteiger partial charge in [0.25, 0.3) is 0 Å². The Balaban J connectivity index is 1.66.